The zero-order valence-corrected chi connectivity index (χ0v) is 12.0. The van der Waals surface area contributed by atoms with E-state index in [0.29, 0.717) is 10.8 Å². The van der Waals surface area contributed by atoms with Gasteiger partial charge in [0.2, 0.25) is 5.91 Å². The lowest BCUT2D eigenvalue weighted by atomic mass is 10.2. The molecular weight excluding hydrogens is 278 g/mol. The van der Waals surface area contributed by atoms with Crippen molar-refractivity contribution in [3.05, 3.63) is 34.7 Å². The van der Waals surface area contributed by atoms with Crippen LogP contribution in [0, 0.1) is 0 Å². The van der Waals surface area contributed by atoms with Gasteiger partial charge in [-0.3, -0.25) is 9.36 Å². The molecule has 20 heavy (non-hydrogen) atoms. The first kappa shape index (κ1) is 14.2. The molecule has 1 aromatic carbocycles. The van der Waals surface area contributed by atoms with Crippen LogP contribution >= 0.6 is 11.8 Å². The molecule has 8 heteroatoms. The third kappa shape index (κ3) is 3.02. The van der Waals surface area contributed by atoms with Gasteiger partial charge in [0.15, 0.2) is 5.16 Å². The second-order valence-electron chi connectivity index (χ2n) is 4.20. The average Bonchev–Trinajstić information content (AvgIpc) is 2.76. The first-order chi connectivity index (χ1) is 9.49. The Kier molecular flexibility index (Phi) is 4.14. The van der Waals surface area contributed by atoms with Crippen LogP contribution in [0.2, 0.25) is 0 Å². The number of nitrogens with two attached hydrogens (primary N) is 1. The molecule has 2 aromatic rings. The Morgan fingerprint density at radius 1 is 1.45 bits per heavy atom. The van der Waals surface area contributed by atoms with E-state index in [4.69, 9.17) is 5.73 Å². The fraction of sp³-hybridized carbons (Fsp3) is 0.250. The molecule has 1 amide bonds. The van der Waals surface area contributed by atoms with Crippen molar-refractivity contribution in [1.82, 2.24) is 14.8 Å². The number of aromatic nitrogens is 3. The number of carbonyl (C=O) groups excluding carboxylic acids is 1. The van der Waals surface area contributed by atoms with E-state index in [1.165, 1.54) is 21.2 Å². The smallest absolute Gasteiger partial charge is 0.343 e. The maximum absolute atomic E-state index is 12.1. The fourth-order valence-corrected chi connectivity index (χ4v) is 2.36. The number of nitrogens with one attached hydrogen (secondary N) is 1. The number of carbonyl (C=O) groups is 1. The van der Waals surface area contributed by atoms with Gasteiger partial charge in [0.1, 0.15) is 0 Å². The zero-order chi connectivity index (χ0) is 14.7. The average molecular weight is 293 g/mol. The number of anilines is 2. The largest absolute Gasteiger partial charge is 0.399 e. The monoisotopic (exact) mass is 293 g/mol. The number of nitrogen functional groups attached to an aromatic ring is 1. The van der Waals surface area contributed by atoms with Gasteiger partial charge in [0, 0.05) is 25.5 Å². The van der Waals surface area contributed by atoms with E-state index >= 15 is 0 Å². The van der Waals surface area contributed by atoms with Crippen LogP contribution in [0.4, 0.5) is 11.4 Å². The van der Waals surface area contributed by atoms with Gasteiger partial charge in [0.05, 0.1) is 5.75 Å². The Morgan fingerprint density at radius 3 is 2.65 bits per heavy atom. The number of benzene rings is 1. The van der Waals surface area contributed by atoms with Crippen LogP contribution in [0.1, 0.15) is 0 Å². The summed E-state index contributed by atoms with van der Waals surface area (Å²) in [5, 5.41) is 6.64. The van der Waals surface area contributed by atoms with Gasteiger partial charge in [0.25, 0.3) is 0 Å². The van der Waals surface area contributed by atoms with Gasteiger partial charge >= 0.3 is 5.69 Å². The third-order valence-electron chi connectivity index (χ3n) is 2.82. The van der Waals surface area contributed by atoms with Gasteiger partial charge < -0.3 is 10.6 Å². The standard InChI is InChI=1S/C12H15N5O2S/c1-16(9-5-3-8(13)4-6-9)10(18)7-20-12-15-14-11(19)17(12)2/h3-6H,7,13H2,1-2H3,(H,14,19). The molecular formula is C12H15N5O2S. The van der Waals surface area contributed by atoms with Crippen molar-refractivity contribution in [2.75, 3.05) is 23.4 Å². The third-order valence-corrected chi connectivity index (χ3v) is 3.83. The first-order valence-electron chi connectivity index (χ1n) is 5.85. The van der Waals surface area contributed by atoms with E-state index in [9.17, 15) is 9.59 Å². The minimum Gasteiger partial charge on any atom is -0.399 e. The fourth-order valence-electron chi connectivity index (χ4n) is 1.53. The van der Waals surface area contributed by atoms with E-state index in [-0.39, 0.29) is 17.3 Å². The van der Waals surface area contributed by atoms with Crippen LogP contribution in [0.15, 0.2) is 34.2 Å². The van der Waals surface area contributed by atoms with Crippen LogP contribution in [0.25, 0.3) is 0 Å². The maximum atomic E-state index is 12.1. The molecule has 0 aliphatic heterocycles. The second-order valence-corrected chi connectivity index (χ2v) is 5.15. The van der Waals surface area contributed by atoms with Crippen LogP contribution < -0.4 is 16.3 Å². The van der Waals surface area contributed by atoms with Gasteiger partial charge in [-0.15, -0.1) is 5.10 Å². The summed E-state index contributed by atoms with van der Waals surface area (Å²) in [4.78, 5) is 24.8. The van der Waals surface area contributed by atoms with Crippen molar-refractivity contribution in [2.24, 2.45) is 7.05 Å². The molecule has 7 nitrogen and oxygen atoms in total. The van der Waals surface area contributed by atoms with Gasteiger partial charge in [-0.05, 0) is 24.3 Å². The highest BCUT2D eigenvalue weighted by Crippen LogP contribution is 2.18. The van der Waals surface area contributed by atoms with Gasteiger partial charge in [-0.25, -0.2) is 9.89 Å². The van der Waals surface area contributed by atoms with Gasteiger partial charge in [-0.2, -0.15) is 0 Å². The number of rotatable bonds is 4. The number of nitrogens with zero attached hydrogens (tertiary/aromatic N) is 3. The van der Waals surface area contributed by atoms with Crippen molar-refractivity contribution >= 4 is 29.0 Å². The molecule has 0 fully saturated rings. The molecule has 106 valence electrons. The summed E-state index contributed by atoms with van der Waals surface area (Å²) < 4.78 is 1.36. The summed E-state index contributed by atoms with van der Waals surface area (Å²) in [7, 11) is 3.29. The van der Waals surface area contributed by atoms with Crippen LogP contribution in [-0.2, 0) is 11.8 Å². The number of hydrogen-bond donors (Lipinski definition) is 2. The maximum Gasteiger partial charge on any atom is 0.343 e. The summed E-state index contributed by atoms with van der Waals surface area (Å²) in [5.74, 6) is 0.106. The Bertz CT molecular complexity index is 661. The van der Waals surface area contributed by atoms with E-state index in [1.54, 1.807) is 38.4 Å². The van der Waals surface area contributed by atoms with E-state index in [0.717, 1.165) is 5.69 Å². The Morgan fingerprint density at radius 2 is 2.10 bits per heavy atom. The summed E-state index contributed by atoms with van der Waals surface area (Å²) in [5.41, 5.74) is 6.72. The van der Waals surface area contributed by atoms with Crippen molar-refractivity contribution in [1.29, 1.82) is 0 Å². The van der Waals surface area contributed by atoms with Crippen LogP contribution in [-0.4, -0.2) is 33.5 Å². The van der Waals surface area contributed by atoms with Crippen LogP contribution in [0.5, 0.6) is 0 Å². The summed E-state index contributed by atoms with van der Waals surface area (Å²) >= 11 is 1.21. The molecule has 0 aliphatic carbocycles. The lowest BCUT2D eigenvalue weighted by Crippen LogP contribution is -2.28. The molecule has 0 bridgehead atoms. The predicted molar refractivity (Wildman–Crippen MR) is 78.8 cm³/mol. The molecule has 0 radical (unpaired) electrons. The molecule has 0 spiro atoms. The Labute approximate surface area is 119 Å². The van der Waals surface area contributed by atoms with E-state index in [2.05, 4.69) is 10.2 Å². The van der Waals surface area contributed by atoms with Crippen molar-refractivity contribution in [3.8, 4) is 0 Å². The molecule has 3 N–H and O–H groups in total. The molecule has 1 heterocycles. The number of amides is 1. The minimum atomic E-state index is -0.299. The molecule has 0 saturated heterocycles. The van der Waals surface area contributed by atoms with Crippen molar-refractivity contribution in [3.63, 3.8) is 0 Å². The number of aromatic amines is 1. The summed E-state index contributed by atoms with van der Waals surface area (Å²) in [6, 6.07) is 7.04. The normalized spacial score (nSPS) is 10.5. The number of hydrogen-bond acceptors (Lipinski definition) is 5. The molecule has 2 rings (SSSR count). The summed E-state index contributed by atoms with van der Waals surface area (Å²) in [6.07, 6.45) is 0. The highest BCUT2D eigenvalue weighted by Gasteiger charge is 2.13. The van der Waals surface area contributed by atoms with Crippen LogP contribution in [0.3, 0.4) is 0 Å². The zero-order valence-electron chi connectivity index (χ0n) is 11.2. The van der Waals surface area contributed by atoms with Crippen molar-refractivity contribution in [2.45, 2.75) is 5.16 Å². The quantitative estimate of drug-likeness (QED) is 0.630. The summed E-state index contributed by atoms with van der Waals surface area (Å²) in [6.45, 7) is 0. The lowest BCUT2D eigenvalue weighted by Gasteiger charge is -2.17. The molecule has 0 aliphatic rings. The molecule has 0 saturated carbocycles. The number of thioether (sulfide) groups is 1. The SMILES string of the molecule is CN(C(=O)CSc1n[nH]c(=O)n1C)c1ccc(N)cc1. The highest BCUT2D eigenvalue weighted by atomic mass is 32.2. The molecule has 1 aromatic heterocycles. The minimum absolute atomic E-state index is 0.0878. The van der Waals surface area contributed by atoms with E-state index < -0.39 is 0 Å². The second kappa shape index (κ2) is 5.83. The topological polar surface area (TPSA) is 97.0 Å². The predicted octanol–water partition coefficient (Wildman–Crippen LogP) is 0.446. The Hall–Kier alpha value is -2.22. The number of H-pyrrole nitrogens is 1. The molecule has 0 atom stereocenters. The van der Waals surface area contributed by atoms with E-state index in [1.807, 2.05) is 0 Å². The lowest BCUT2D eigenvalue weighted by molar-refractivity contribution is -0.115. The van der Waals surface area contributed by atoms with Crippen molar-refractivity contribution < 1.29 is 4.79 Å². The first-order valence-corrected chi connectivity index (χ1v) is 6.84. The highest BCUT2D eigenvalue weighted by molar-refractivity contribution is 7.99. The molecule has 0 unspecified atom stereocenters. The van der Waals surface area contributed by atoms with Gasteiger partial charge in [-0.1, -0.05) is 11.8 Å². The Balaban J connectivity index is 1.99.